The van der Waals surface area contributed by atoms with Gasteiger partial charge in [0, 0.05) is 13.1 Å². The first-order chi connectivity index (χ1) is 9.81. The summed E-state index contributed by atoms with van der Waals surface area (Å²) in [7, 11) is 1.86. The third-order valence-electron chi connectivity index (χ3n) is 3.71. The minimum Gasteiger partial charge on any atom is -0.379 e. The van der Waals surface area contributed by atoms with Gasteiger partial charge in [0.05, 0.1) is 24.6 Å². The number of aromatic nitrogens is 3. The van der Waals surface area contributed by atoms with Gasteiger partial charge in [-0.3, -0.25) is 0 Å². The molecule has 3 heterocycles. The quantitative estimate of drug-likeness (QED) is 0.770. The van der Waals surface area contributed by atoms with E-state index in [9.17, 15) is 0 Å². The summed E-state index contributed by atoms with van der Waals surface area (Å²) in [6.45, 7) is 4.63. The largest absolute Gasteiger partial charge is 0.379 e. The van der Waals surface area contributed by atoms with Crippen LogP contribution in [0.3, 0.4) is 0 Å². The molecule has 6 heteroatoms. The summed E-state index contributed by atoms with van der Waals surface area (Å²) < 4.78 is 5.61. The lowest BCUT2D eigenvalue weighted by atomic mass is 10.0. The Balaban J connectivity index is 1.85. The number of imidazole rings is 1. The number of hydrogen-bond donors (Lipinski definition) is 3. The average Bonchev–Trinajstić information content (AvgIpc) is 3.09. The van der Waals surface area contributed by atoms with Crippen molar-refractivity contribution >= 4 is 17.0 Å². The molecule has 1 fully saturated rings. The second kappa shape index (κ2) is 5.76. The predicted molar refractivity (Wildman–Crippen MR) is 79.1 cm³/mol. The van der Waals surface area contributed by atoms with Crippen molar-refractivity contribution in [3.63, 3.8) is 0 Å². The maximum absolute atomic E-state index is 5.61. The molecule has 2 aromatic rings. The van der Waals surface area contributed by atoms with Crippen LogP contribution in [0, 0.1) is 0 Å². The van der Waals surface area contributed by atoms with Gasteiger partial charge in [-0.15, -0.1) is 0 Å². The van der Waals surface area contributed by atoms with Crippen LogP contribution < -0.4 is 10.6 Å². The van der Waals surface area contributed by atoms with E-state index in [1.54, 1.807) is 0 Å². The Morgan fingerprint density at radius 1 is 1.35 bits per heavy atom. The molecule has 1 aliphatic rings. The summed E-state index contributed by atoms with van der Waals surface area (Å²) in [4.78, 5) is 12.5. The highest BCUT2D eigenvalue weighted by Gasteiger charge is 2.31. The van der Waals surface area contributed by atoms with Crippen LogP contribution in [0.25, 0.3) is 11.2 Å². The molecule has 0 saturated carbocycles. The van der Waals surface area contributed by atoms with Gasteiger partial charge < -0.3 is 20.4 Å². The lowest BCUT2D eigenvalue weighted by Crippen LogP contribution is -2.35. The molecule has 0 aromatic carbocycles. The van der Waals surface area contributed by atoms with Crippen LogP contribution in [0.15, 0.2) is 12.1 Å². The third kappa shape index (κ3) is 2.48. The Hall–Kier alpha value is -1.66. The van der Waals surface area contributed by atoms with Crippen molar-refractivity contribution in [1.29, 1.82) is 0 Å². The first-order valence-corrected chi connectivity index (χ1v) is 7.17. The number of rotatable bonds is 5. The van der Waals surface area contributed by atoms with Gasteiger partial charge in [-0.05, 0) is 25.1 Å². The summed E-state index contributed by atoms with van der Waals surface area (Å²) >= 11 is 0. The number of anilines is 1. The van der Waals surface area contributed by atoms with Gasteiger partial charge in [-0.1, -0.05) is 6.92 Å². The Kier molecular flexibility index (Phi) is 3.84. The molecule has 0 bridgehead atoms. The third-order valence-corrected chi connectivity index (χ3v) is 3.71. The molecule has 1 aliphatic heterocycles. The normalized spacial score (nSPS) is 22.5. The highest BCUT2D eigenvalue weighted by atomic mass is 16.5. The van der Waals surface area contributed by atoms with Gasteiger partial charge in [0.25, 0.3) is 0 Å². The number of aromatic amines is 1. The van der Waals surface area contributed by atoms with Crippen molar-refractivity contribution in [3.05, 3.63) is 18.0 Å². The van der Waals surface area contributed by atoms with Crippen LogP contribution in [0.1, 0.15) is 25.1 Å². The van der Waals surface area contributed by atoms with E-state index in [1.165, 1.54) is 0 Å². The number of nitrogens with one attached hydrogen (secondary N) is 3. The zero-order chi connectivity index (χ0) is 13.9. The van der Waals surface area contributed by atoms with Crippen LogP contribution in [0.4, 0.5) is 5.82 Å². The fourth-order valence-corrected chi connectivity index (χ4v) is 2.58. The minimum atomic E-state index is 0.272. The van der Waals surface area contributed by atoms with E-state index < -0.39 is 0 Å². The summed E-state index contributed by atoms with van der Waals surface area (Å²) in [6, 6.07) is 4.29. The molecule has 0 spiro atoms. The standard InChI is InChI=1S/C14H21N5O/c1-3-6-16-11-8-20-7-9(11)13-17-10-4-5-12(15-2)18-14(10)19-13/h4-5,9,11,16H,3,6-8H2,1-2H3,(H2,15,17,18,19). The highest BCUT2D eigenvalue weighted by Crippen LogP contribution is 2.25. The molecule has 108 valence electrons. The van der Waals surface area contributed by atoms with Gasteiger partial charge in [-0.2, -0.15) is 0 Å². The fourth-order valence-electron chi connectivity index (χ4n) is 2.58. The molecule has 0 aliphatic carbocycles. The van der Waals surface area contributed by atoms with Crippen molar-refractivity contribution in [3.8, 4) is 0 Å². The van der Waals surface area contributed by atoms with Gasteiger partial charge in [0.15, 0.2) is 5.65 Å². The van der Waals surface area contributed by atoms with Gasteiger partial charge in [0.1, 0.15) is 11.6 Å². The SMILES string of the molecule is CCCNC1COCC1c1nc2nc(NC)ccc2[nH]1. The van der Waals surface area contributed by atoms with Crippen LogP contribution in [-0.4, -0.2) is 47.8 Å². The van der Waals surface area contributed by atoms with Gasteiger partial charge >= 0.3 is 0 Å². The number of pyridine rings is 1. The number of H-pyrrole nitrogens is 1. The van der Waals surface area contributed by atoms with E-state index >= 15 is 0 Å². The first kappa shape index (κ1) is 13.3. The van der Waals surface area contributed by atoms with Crippen molar-refractivity contribution in [1.82, 2.24) is 20.3 Å². The molecule has 1 saturated heterocycles. The zero-order valence-corrected chi connectivity index (χ0v) is 11.9. The van der Waals surface area contributed by atoms with E-state index in [1.807, 2.05) is 19.2 Å². The highest BCUT2D eigenvalue weighted by molar-refractivity contribution is 5.73. The summed E-state index contributed by atoms with van der Waals surface area (Å²) in [5.41, 5.74) is 1.73. The van der Waals surface area contributed by atoms with Crippen molar-refractivity contribution in [2.24, 2.45) is 0 Å². The smallest absolute Gasteiger partial charge is 0.179 e. The molecule has 3 rings (SSSR count). The first-order valence-electron chi connectivity index (χ1n) is 7.17. The monoisotopic (exact) mass is 275 g/mol. The number of hydrogen-bond acceptors (Lipinski definition) is 5. The molecule has 2 aromatic heterocycles. The Morgan fingerprint density at radius 3 is 3.05 bits per heavy atom. The number of nitrogens with zero attached hydrogens (tertiary/aromatic N) is 2. The molecule has 0 amide bonds. The molecule has 2 atom stereocenters. The molecular formula is C14H21N5O. The van der Waals surface area contributed by atoms with Crippen LogP contribution >= 0.6 is 0 Å². The maximum Gasteiger partial charge on any atom is 0.179 e. The van der Waals surface area contributed by atoms with Crippen molar-refractivity contribution < 1.29 is 4.74 Å². The molecule has 20 heavy (non-hydrogen) atoms. The van der Waals surface area contributed by atoms with E-state index in [-0.39, 0.29) is 5.92 Å². The van der Waals surface area contributed by atoms with Crippen molar-refractivity contribution in [2.75, 3.05) is 32.1 Å². The zero-order valence-electron chi connectivity index (χ0n) is 11.9. The maximum atomic E-state index is 5.61. The van der Waals surface area contributed by atoms with Crippen LogP contribution in [0.5, 0.6) is 0 Å². The molecular weight excluding hydrogens is 254 g/mol. The van der Waals surface area contributed by atoms with E-state index in [2.05, 4.69) is 32.5 Å². The Bertz CT molecular complexity index is 582. The van der Waals surface area contributed by atoms with E-state index in [0.29, 0.717) is 12.6 Å². The molecule has 0 radical (unpaired) electrons. The lowest BCUT2D eigenvalue weighted by molar-refractivity contribution is 0.187. The second-order valence-corrected chi connectivity index (χ2v) is 5.14. The molecule has 2 unspecified atom stereocenters. The fraction of sp³-hybridized carbons (Fsp3) is 0.571. The molecule has 3 N–H and O–H groups in total. The number of fused-ring (bicyclic) bond motifs is 1. The van der Waals surface area contributed by atoms with Crippen LogP contribution in [-0.2, 0) is 4.74 Å². The summed E-state index contributed by atoms with van der Waals surface area (Å²) in [5.74, 6) is 2.07. The minimum absolute atomic E-state index is 0.272. The average molecular weight is 275 g/mol. The summed E-state index contributed by atoms with van der Waals surface area (Å²) in [6.07, 6.45) is 1.12. The second-order valence-electron chi connectivity index (χ2n) is 5.14. The topological polar surface area (TPSA) is 74.9 Å². The summed E-state index contributed by atoms with van der Waals surface area (Å²) in [5, 5.41) is 6.56. The Morgan fingerprint density at radius 2 is 2.25 bits per heavy atom. The van der Waals surface area contributed by atoms with E-state index in [4.69, 9.17) is 4.74 Å². The Labute approximate surface area is 118 Å². The van der Waals surface area contributed by atoms with Gasteiger partial charge in [0.2, 0.25) is 0 Å². The lowest BCUT2D eigenvalue weighted by Gasteiger charge is -2.16. The van der Waals surface area contributed by atoms with Crippen LogP contribution in [0.2, 0.25) is 0 Å². The predicted octanol–water partition coefficient (Wildman–Crippen LogP) is 1.48. The molecule has 6 nitrogen and oxygen atoms in total. The van der Waals surface area contributed by atoms with E-state index in [0.717, 1.165) is 42.4 Å². The van der Waals surface area contributed by atoms with Crippen molar-refractivity contribution in [2.45, 2.75) is 25.3 Å². The van der Waals surface area contributed by atoms with Gasteiger partial charge in [-0.25, -0.2) is 9.97 Å². The number of ether oxygens (including phenoxy) is 1.